The molecule has 1 aromatic carbocycles. The summed E-state index contributed by atoms with van der Waals surface area (Å²) in [5.74, 6) is 1.04. The van der Waals surface area contributed by atoms with Gasteiger partial charge in [0.05, 0.1) is 0 Å². The minimum atomic E-state index is 0.271. The molecule has 0 fully saturated rings. The lowest BCUT2D eigenvalue weighted by Crippen LogP contribution is -2.31. The van der Waals surface area contributed by atoms with Crippen molar-refractivity contribution in [1.82, 2.24) is 5.32 Å². The van der Waals surface area contributed by atoms with Gasteiger partial charge in [0.2, 0.25) is 0 Å². The van der Waals surface area contributed by atoms with Gasteiger partial charge in [-0.25, -0.2) is 0 Å². The van der Waals surface area contributed by atoms with Crippen molar-refractivity contribution in [2.75, 3.05) is 13.1 Å². The summed E-state index contributed by atoms with van der Waals surface area (Å²) < 4.78 is 7.04. The van der Waals surface area contributed by atoms with Gasteiger partial charge in [0.15, 0.2) is 0 Å². The van der Waals surface area contributed by atoms with Crippen molar-refractivity contribution in [2.45, 2.75) is 18.9 Å². The number of thiophene rings is 1. The molecule has 0 spiro atoms. The van der Waals surface area contributed by atoms with E-state index >= 15 is 0 Å². The number of benzene rings is 1. The summed E-state index contributed by atoms with van der Waals surface area (Å²) in [5, 5.41) is 5.61. The molecule has 1 N–H and O–H groups in total. The van der Waals surface area contributed by atoms with Gasteiger partial charge in [0, 0.05) is 28.9 Å². The lowest BCUT2D eigenvalue weighted by atomic mass is 10.1. The molecule has 0 radical (unpaired) electrons. The van der Waals surface area contributed by atoms with Crippen LogP contribution in [0.1, 0.15) is 10.4 Å². The minimum Gasteiger partial charge on any atom is -0.488 e. The molecule has 2 nitrogen and oxygen atoms in total. The molecular formula is C15H16BrNOS. The van der Waals surface area contributed by atoms with Gasteiger partial charge in [-0.3, -0.25) is 0 Å². The number of nitrogens with one attached hydrogen (secondary N) is 1. The van der Waals surface area contributed by atoms with Crippen LogP contribution in [0.3, 0.4) is 0 Å². The highest BCUT2D eigenvalue weighted by atomic mass is 79.9. The first-order chi connectivity index (χ1) is 9.31. The molecule has 1 aliphatic heterocycles. The van der Waals surface area contributed by atoms with E-state index in [1.165, 1.54) is 10.4 Å². The molecule has 0 aliphatic carbocycles. The Morgan fingerprint density at radius 1 is 1.37 bits per heavy atom. The minimum absolute atomic E-state index is 0.271. The molecule has 0 bridgehead atoms. The molecule has 1 unspecified atom stereocenters. The van der Waals surface area contributed by atoms with Crippen LogP contribution in [0.25, 0.3) is 0 Å². The first kappa shape index (κ1) is 13.2. The standard InChI is InChI=1S/C15H16BrNOS/c16-12-3-4-15-11(8-12)9-13(18-15)10-17-6-5-14-2-1-7-19-14/h1-4,7-8,13,17H,5-6,9-10H2. The van der Waals surface area contributed by atoms with E-state index in [0.717, 1.165) is 36.2 Å². The molecule has 1 aromatic heterocycles. The van der Waals surface area contributed by atoms with Gasteiger partial charge in [0.1, 0.15) is 11.9 Å². The number of hydrogen-bond acceptors (Lipinski definition) is 3. The first-order valence-electron chi connectivity index (χ1n) is 6.49. The molecule has 1 atom stereocenters. The molecule has 19 heavy (non-hydrogen) atoms. The topological polar surface area (TPSA) is 21.3 Å². The Bertz CT molecular complexity index is 541. The highest BCUT2D eigenvalue weighted by molar-refractivity contribution is 9.10. The van der Waals surface area contributed by atoms with Crippen LogP contribution in [0.5, 0.6) is 5.75 Å². The van der Waals surface area contributed by atoms with Crippen molar-refractivity contribution in [3.8, 4) is 5.75 Å². The van der Waals surface area contributed by atoms with Crippen molar-refractivity contribution in [2.24, 2.45) is 0 Å². The number of halogens is 1. The fourth-order valence-electron chi connectivity index (χ4n) is 2.33. The first-order valence-corrected chi connectivity index (χ1v) is 8.17. The molecule has 2 aromatic rings. The Kier molecular flexibility index (Phi) is 4.21. The summed E-state index contributed by atoms with van der Waals surface area (Å²) in [7, 11) is 0. The Labute approximate surface area is 125 Å². The van der Waals surface area contributed by atoms with Gasteiger partial charge in [-0.15, -0.1) is 11.3 Å². The highest BCUT2D eigenvalue weighted by Gasteiger charge is 2.22. The van der Waals surface area contributed by atoms with E-state index < -0.39 is 0 Å². The summed E-state index contributed by atoms with van der Waals surface area (Å²) in [6, 6.07) is 10.5. The van der Waals surface area contributed by atoms with E-state index in [0.29, 0.717) is 0 Å². The van der Waals surface area contributed by atoms with E-state index in [2.05, 4.69) is 44.8 Å². The molecule has 4 heteroatoms. The van der Waals surface area contributed by atoms with Crippen LogP contribution in [-0.4, -0.2) is 19.2 Å². The lowest BCUT2D eigenvalue weighted by Gasteiger charge is -2.11. The number of ether oxygens (including phenoxy) is 1. The number of hydrogen-bond donors (Lipinski definition) is 1. The van der Waals surface area contributed by atoms with Crippen molar-refractivity contribution >= 4 is 27.3 Å². The Hall–Kier alpha value is -0.840. The molecule has 2 heterocycles. The summed E-state index contributed by atoms with van der Waals surface area (Å²) in [6.07, 6.45) is 2.37. The zero-order valence-electron chi connectivity index (χ0n) is 10.6. The van der Waals surface area contributed by atoms with E-state index in [4.69, 9.17) is 4.74 Å². The van der Waals surface area contributed by atoms with E-state index in [9.17, 15) is 0 Å². The fourth-order valence-corrected chi connectivity index (χ4v) is 3.45. The largest absolute Gasteiger partial charge is 0.488 e. The summed E-state index contributed by atoms with van der Waals surface area (Å²) in [6.45, 7) is 1.93. The maximum atomic E-state index is 5.92. The predicted octanol–water partition coefficient (Wildman–Crippen LogP) is 3.65. The summed E-state index contributed by atoms with van der Waals surface area (Å²) >= 11 is 5.32. The van der Waals surface area contributed by atoms with Crippen molar-refractivity contribution in [3.63, 3.8) is 0 Å². The Morgan fingerprint density at radius 2 is 2.32 bits per heavy atom. The molecular weight excluding hydrogens is 322 g/mol. The molecule has 3 rings (SSSR count). The smallest absolute Gasteiger partial charge is 0.123 e. The van der Waals surface area contributed by atoms with Gasteiger partial charge >= 0.3 is 0 Å². The van der Waals surface area contributed by atoms with Crippen molar-refractivity contribution in [1.29, 1.82) is 0 Å². The van der Waals surface area contributed by atoms with Gasteiger partial charge in [0.25, 0.3) is 0 Å². The highest BCUT2D eigenvalue weighted by Crippen LogP contribution is 2.30. The van der Waals surface area contributed by atoms with Crippen LogP contribution >= 0.6 is 27.3 Å². The van der Waals surface area contributed by atoms with Crippen LogP contribution in [0.15, 0.2) is 40.2 Å². The third-order valence-electron chi connectivity index (χ3n) is 3.26. The molecule has 100 valence electrons. The second-order valence-electron chi connectivity index (χ2n) is 4.73. The summed E-state index contributed by atoms with van der Waals surface area (Å²) in [4.78, 5) is 1.44. The Balaban J connectivity index is 1.43. The molecule has 0 saturated carbocycles. The van der Waals surface area contributed by atoms with Gasteiger partial charge < -0.3 is 10.1 Å². The lowest BCUT2D eigenvalue weighted by molar-refractivity contribution is 0.228. The van der Waals surface area contributed by atoms with Crippen LogP contribution in [0, 0.1) is 0 Å². The zero-order valence-corrected chi connectivity index (χ0v) is 13.0. The Morgan fingerprint density at radius 3 is 3.16 bits per heavy atom. The monoisotopic (exact) mass is 337 g/mol. The third-order valence-corrected chi connectivity index (χ3v) is 4.69. The van der Waals surface area contributed by atoms with Crippen molar-refractivity contribution < 1.29 is 4.74 Å². The van der Waals surface area contributed by atoms with E-state index in [1.54, 1.807) is 0 Å². The van der Waals surface area contributed by atoms with Crippen LogP contribution in [0.2, 0.25) is 0 Å². The molecule has 1 aliphatic rings. The zero-order chi connectivity index (χ0) is 13.1. The quantitative estimate of drug-likeness (QED) is 0.841. The number of rotatable bonds is 5. The van der Waals surface area contributed by atoms with Gasteiger partial charge in [-0.1, -0.05) is 22.0 Å². The van der Waals surface area contributed by atoms with Crippen LogP contribution in [0.4, 0.5) is 0 Å². The fraction of sp³-hybridized carbons (Fsp3) is 0.333. The molecule has 0 amide bonds. The van der Waals surface area contributed by atoms with Crippen LogP contribution < -0.4 is 10.1 Å². The van der Waals surface area contributed by atoms with Crippen molar-refractivity contribution in [3.05, 3.63) is 50.6 Å². The average molecular weight is 338 g/mol. The van der Waals surface area contributed by atoms with Gasteiger partial charge in [-0.2, -0.15) is 0 Å². The maximum absolute atomic E-state index is 5.92. The number of fused-ring (bicyclic) bond motifs is 1. The second-order valence-corrected chi connectivity index (χ2v) is 6.68. The SMILES string of the molecule is Brc1ccc2c(c1)CC(CNCCc1cccs1)O2. The normalized spacial score (nSPS) is 17.2. The average Bonchev–Trinajstić information content (AvgIpc) is 3.02. The van der Waals surface area contributed by atoms with E-state index in [-0.39, 0.29) is 6.10 Å². The van der Waals surface area contributed by atoms with Gasteiger partial charge in [-0.05, 0) is 41.6 Å². The van der Waals surface area contributed by atoms with Crippen LogP contribution in [-0.2, 0) is 12.8 Å². The molecule has 0 saturated heterocycles. The second kappa shape index (κ2) is 6.07. The maximum Gasteiger partial charge on any atom is 0.123 e. The third kappa shape index (κ3) is 3.38. The predicted molar refractivity (Wildman–Crippen MR) is 83.2 cm³/mol. The summed E-state index contributed by atoms with van der Waals surface area (Å²) in [5.41, 5.74) is 1.31. The van der Waals surface area contributed by atoms with E-state index in [1.807, 2.05) is 23.5 Å².